The molecule has 1 saturated heterocycles. The molecule has 0 bridgehead atoms. The Hall–Kier alpha value is -0.831. The second kappa shape index (κ2) is 5.67. The number of nitrogens with zero attached hydrogens (tertiary/aromatic N) is 1. The molecule has 1 aliphatic rings. The summed E-state index contributed by atoms with van der Waals surface area (Å²) in [6.45, 7) is 2.28. The van der Waals surface area contributed by atoms with Crippen molar-refractivity contribution in [2.24, 2.45) is 0 Å². The zero-order valence-corrected chi connectivity index (χ0v) is 11.6. The van der Waals surface area contributed by atoms with E-state index in [1.54, 1.807) is 6.92 Å². The quantitative estimate of drug-likeness (QED) is 0.822. The third-order valence-electron chi connectivity index (χ3n) is 3.08. The van der Waals surface area contributed by atoms with E-state index in [0.29, 0.717) is 21.5 Å². The number of hydrogen-bond donors (Lipinski definition) is 1. The number of likely N-dealkylation sites (tertiary alicyclic amines) is 1. The summed E-state index contributed by atoms with van der Waals surface area (Å²) in [6, 6.07) is 10.3. The van der Waals surface area contributed by atoms with Gasteiger partial charge in [-0.2, -0.15) is 0 Å². The standard InChI is InChI=1S/C13H17NO2Se/c1-10(15)14-8-7-13(16)12(14)9-17-11-5-3-2-4-6-11/h2-6,12-13,16H,7-9H2,1H3/t12-,13-/m1/s1. The Labute approximate surface area is 108 Å². The SMILES string of the molecule is CC(=O)N1CC[C@@H](O)[C@H]1C[Se]c1ccccc1. The van der Waals surface area contributed by atoms with Gasteiger partial charge in [0.1, 0.15) is 0 Å². The molecule has 2 rings (SSSR count). The summed E-state index contributed by atoms with van der Waals surface area (Å²) < 4.78 is 1.32. The number of aliphatic hydroxyl groups is 1. The summed E-state index contributed by atoms with van der Waals surface area (Å²) in [5.41, 5.74) is 0. The summed E-state index contributed by atoms with van der Waals surface area (Å²) in [7, 11) is 0. The first-order valence-corrected chi connectivity index (χ1v) is 7.88. The molecule has 0 unspecified atom stereocenters. The Morgan fingerprint density at radius 3 is 2.82 bits per heavy atom. The molecule has 0 spiro atoms. The number of carbonyl (C=O) groups excluding carboxylic acids is 1. The van der Waals surface area contributed by atoms with Crippen molar-refractivity contribution in [2.45, 2.75) is 30.8 Å². The van der Waals surface area contributed by atoms with Crippen molar-refractivity contribution in [3.63, 3.8) is 0 Å². The van der Waals surface area contributed by atoms with Gasteiger partial charge in [-0.3, -0.25) is 0 Å². The van der Waals surface area contributed by atoms with Crippen molar-refractivity contribution >= 4 is 25.3 Å². The van der Waals surface area contributed by atoms with Crippen molar-refractivity contribution < 1.29 is 9.90 Å². The minimum atomic E-state index is -0.343. The van der Waals surface area contributed by atoms with Gasteiger partial charge in [0.05, 0.1) is 0 Å². The molecule has 0 saturated carbocycles. The molecule has 4 heteroatoms. The number of benzene rings is 1. The van der Waals surface area contributed by atoms with Crippen LogP contribution >= 0.6 is 0 Å². The maximum atomic E-state index is 11.4. The van der Waals surface area contributed by atoms with E-state index in [4.69, 9.17) is 0 Å². The van der Waals surface area contributed by atoms with Crippen molar-refractivity contribution in [3.8, 4) is 0 Å². The Balaban J connectivity index is 1.95. The van der Waals surface area contributed by atoms with Gasteiger partial charge in [0, 0.05) is 0 Å². The van der Waals surface area contributed by atoms with Gasteiger partial charge in [0.2, 0.25) is 0 Å². The number of rotatable bonds is 3. The predicted molar refractivity (Wildman–Crippen MR) is 68.4 cm³/mol. The molecule has 0 aromatic heterocycles. The minimum absolute atomic E-state index is 0.0210. The summed E-state index contributed by atoms with van der Waals surface area (Å²) in [5, 5.41) is 10.8. The first-order chi connectivity index (χ1) is 8.18. The van der Waals surface area contributed by atoms with E-state index in [1.165, 1.54) is 4.46 Å². The number of aliphatic hydroxyl groups excluding tert-OH is 1. The molecule has 3 nitrogen and oxygen atoms in total. The van der Waals surface area contributed by atoms with E-state index in [2.05, 4.69) is 12.1 Å². The van der Waals surface area contributed by atoms with Crippen LogP contribution in [0.3, 0.4) is 0 Å². The molecule has 17 heavy (non-hydrogen) atoms. The molecular weight excluding hydrogens is 281 g/mol. The maximum absolute atomic E-state index is 11.4. The molecule has 1 aromatic rings. The van der Waals surface area contributed by atoms with Crippen LogP contribution in [0.5, 0.6) is 0 Å². The fourth-order valence-electron chi connectivity index (χ4n) is 2.13. The van der Waals surface area contributed by atoms with Gasteiger partial charge in [-0.1, -0.05) is 0 Å². The topological polar surface area (TPSA) is 40.5 Å². The second-order valence-electron chi connectivity index (χ2n) is 4.26. The molecule has 0 aliphatic carbocycles. The first kappa shape index (κ1) is 12.6. The van der Waals surface area contributed by atoms with E-state index in [1.807, 2.05) is 23.1 Å². The molecule has 1 amide bonds. The Bertz CT molecular complexity index is 382. The average Bonchev–Trinajstić information content (AvgIpc) is 2.69. The average molecular weight is 298 g/mol. The van der Waals surface area contributed by atoms with Gasteiger partial charge in [-0.15, -0.1) is 0 Å². The third kappa shape index (κ3) is 3.09. The van der Waals surface area contributed by atoms with Gasteiger partial charge in [0.15, 0.2) is 0 Å². The first-order valence-electron chi connectivity index (χ1n) is 5.81. The van der Waals surface area contributed by atoms with Crippen molar-refractivity contribution in [1.82, 2.24) is 4.90 Å². The molecule has 1 N–H and O–H groups in total. The van der Waals surface area contributed by atoms with Crippen LogP contribution in [-0.4, -0.2) is 49.6 Å². The van der Waals surface area contributed by atoms with Crippen LogP contribution in [0.4, 0.5) is 0 Å². The molecule has 2 atom stereocenters. The zero-order chi connectivity index (χ0) is 12.3. The molecular formula is C13H17NO2Se. The summed E-state index contributed by atoms with van der Waals surface area (Å²) in [5.74, 6) is 0.0791. The van der Waals surface area contributed by atoms with Crippen LogP contribution in [0.25, 0.3) is 0 Å². The second-order valence-corrected chi connectivity index (χ2v) is 6.55. The van der Waals surface area contributed by atoms with E-state index in [0.717, 1.165) is 11.7 Å². The molecule has 0 radical (unpaired) electrons. The molecule has 1 fully saturated rings. The fraction of sp³-hybridized carbons (Fsp3) is 0.462. The van der Waals surface area contributed by atoms with Gasteiger partial charge < -0.3 is 0 Å². The van der Waals surface area contributed by atoms with Crippen molar-refractivity contribution in [2.75, 3.05) is 6.54 Å². The molecule has 1 heterocycles. The van der Waals surface area contributed by atoms with E-state index in [9.17, 15) is 9.90 Å². The van der Waals surface area contributed by atoms with Crippen LogP contribution < -0.4 is 4.46 Å². The zero-order valence-electron chi connectivity index (χ0n) is 9.87. The predicted octanol–water partition coefficient (Wildman–Crippen LogP) is 0.416. The van der Waals surface area contributed by atoms with Gasteiger partial charge in [-0.25, -0.2) is 0 Å². The van der Waals surface area contributed by atoms with Gasteiger partial charge >= 0.3 is 108 Å². The molecule has 1 aliphatic heterocycles. The number of hydrogen-bond acceptors (Lipinski definition) is 2. The van der Waals surface area contributed by atoms with Crippen LogP contribution in [0.1, 0.15) is 13.3 Å². The Morgan fingerprint density at radius 2 is 2.18 bits per heavy atom. The van der Waals surface area contributed by atoms with Crippen LogP contribution in [0, 0.1) is 0 Å². The van der Waals surface area contributed by atoms with E-state index < -0.39 is 0 Å². The fourth-order valence-corrected chi connectivity index (χ4v) is 4.47. The van der Waals surface area contributed by atoms with Crippen LogP contribution in [0.15, 0.2) is 30.3 Å². The van der Waals surface area contributed by atoms with Crippen LogP contribution in [0.2, 0.25) is 5.32 Å². The number of amides is 1. The Morgan fingerprint density at radius 1 is 1.47 bits per heavy atom. The van der Waals surface area contributed by atoms with Crippen molar-refractivity contribution in [1.29, 1.82) is 0 Å². The summed E-state index contributed by atoms with van der Waals surface area (Å²) in [4.78, 5) is 13.2. The van der Waals surface area contributed by atoms with E-state index >= 15 is 0 Å². The normalized spacial score (nSPS) is 24.0. The number of carbonyl (C=O) groups is 1. The Kier molecular flexibility index (Phi) is 4.21. The van der Waals surface area contributed by atoms with Crippen molar-refractivity contribution in [3.05, 3.63) is 30.3 Å². The van der Waals surface area contributed by atoms with Gasteiger partial charge in [0.25, 0.3) is 0 Å². The summed E-state index contributed by atoms with van der Waals surface area (Å²) in [6.07, 6.45) is 0.374. The van der Waals surface area contributed by atoms with Crippen LogP contribution in [-0.2, 0) is 4.79 Å². The van der Waals surface area contributed by atoms with Gasteiger partial charge in [-0.05, 0) is 0 Å². The molecule has 92 valence electrons. The van der Waals surface area contributed by atoms with E-state index in [-0.39, 0.29) is 18.1 Å². The summed E-state index contributed by atoms with van der Waals surface area (Å²) >= 11 is 0.324. The monoisotopic (exact) mass is 299 g/mol. The third-order valence-corrected chi connectivity index (χ3v) is 5.42. The molecule has 1 aromatic carbocycles.